The molecule has 0 heteroatoms. The third-order valence-corrected chi connectivity index (χ3v) is 3.77. The molecule has 0 aliphatic heterocycles. The lowest BCUT2D eigenvalue weighted by Gasteiger charge is -2.45. The van der Waals surface area contributed by atoms with Crippen LogP contribution in [0.15, 0.2) is 12.2 Å². The lowest BCUT2D eigenvalue weighted by Crippen LogP contribution is -2.36. The quantitative estimate of drug-likeness (QED) is 0.464. The van der Waals surface area contributed by atoms with Crippen molar-refractivity contribution in [1.29, 1.82) is 0 Å². The summed E-state index contributed by atoms with van der Waals surface area (Å²) in [6, 6.07) is 0. The first kappa shape index (κ1) is 7.39. The Morgan fingerprint density at radius 2 is 1.91 bits per heavy atom. The van der Waals surface area contributed by atoms with E-state index in [0.717, 1.165) is 17.8 Å². The summed E-state index contributed by atoms with van der Waals surface area (Å²) >= 11 is 0. The second-order valence-electron chi connectivity index (χ2n) is 4.27. The van der Waals surface area contributed by atoms with Gasteiger partial charge in [0.15, 0.2) is 0 Å². The summed E-state index contributed by atoms with van der Waals surface area (Å²) < 4.78 is 0. The van der Waals surface area contributed by atoms with E-state index in [0.29, 0.717) is 0 Å². The Morgan fingerprint density at radius 3 is 2.73 bits per heavy atom. The molecule has 0 amide bonds. The van der Waals surface area contributed by atoms with E-state index >= 15 is 0 Å². The van der Waals surface area contributed by atoms with Gasteiger partial charge in [-0.3, -0.25) is 0 Å². The highest BCUT2D eigenvalue weighted by molar-refractivity contribution is 5.19. The summed E-state index contributed by atoms with van der Waals surface area (Å²) in [6.07, 6.45) is 7.30. The number of rotatable bonds is 0. The average Bonchev–Trinajstić information content (AvgIpc) is 2.25. The fraction of sp³-hybridized carbons (Fsp3) is 0.818. The van der Waals surface area contributed by atoms with Crippen LogP contribution in [0.5, 0.6) is 0 Å². The third kappa shape index (κ3) is 1.04. The van der Waals surface area contributed by atoms with Crippen molar-refractivity contribution >= 4 is 0 Å². The Labute approximate surface area is 69.7 Å². The molecule has 0 nitrogen and oxygen atoms in total. The van der Waals surface area contributed by atoms with Gasteiger partial charge in [0.2, 0.25) is 0 Å². The van der Waals surface area contributed by atoms with Crippen molar-refractivity contribution < 1.29 is 0 Å². The van der Waals surface area contributed by atoms with Crippen molar-refractivity contribution in [2.45, 2.75) is 39.0 Å². The molecule has 0 bridgehead atoms. The Balaban J connectivity index is 2.05. The molecule has 3 unspecified atom stereocenters. The maximum Gasteiger partial charge on any atom is -0.0169 e. The molecule has 0 heterocycles. The Hall–Kier alpha value is -0.260. The molecule has 0 aromatic heterocycles. The second-order valence-corrected chi connectivity index (χ2v) is 4.27. The fourth-order valence-electron chi connectivity index (χ4n) is 2.89. The van der Waals surface area contributed by atoms with Gasteiger partial charge in [-0.05, 0) is 30.6 Å². The first-order valence-corrected chi connectivity index (χ1v) is 4.99. The molecule has 11 heavy (non-hydrogen) atoms. The first-order valence-electron chi connectivity index (χ1n) is 4.99. The molecule has 0 spiro atoms. The predicted molar refractivity (Wildman–Crippen MR) is 48.4 cm³/mol. The number of hydrogen-bond donors (Lipinski definition) is 0. The van der Waals surface area contributed by atoms with Crippen LogP contribution in [0.1, 0.15) is 39.0 Å². The molecule has 0 radical (unpaired) electrons. The molecule has 2 saturated carbocycles. The van der Waals surface area contributed by atoms with Gasteiger partial charge in [-0.1, -0.05) is 38.3 Å². The van der Waals surface area contributed by atoms with E-state index in [9.17, 15) is 0 Å². The van der Waals surface area contributed by atoms with Gasteiger partial charge in [-0.2, -0.15) is 0 Å². The summed E-state index contributed by atoms with van der Waals surface area (Å²) in [5.74, 6) is 2.79. The van der Waals surface area contributed by atoms with E-state index in [4.69, 9.17) is 0 Å². The maximum atomic E-state index is 4.17. The van der Waals surface area contributed by atoms with Crippen molar-refractivity contribution in [1.82, 2.24) is 0 Å². The minimum atomic E-state index is 0.845. The zero-order chi connectivity index (χ0) is 7.84. The van der Waals surface area contributed by atoms with Crippen LogP contribution >= 0.6 is 0 Å². The molecule has 0 saturated heterocycles. The van der Waals surface area contributed by atoms with Gasteiger partial charge in [0, 0.05) is 0 Å². The highest BCUT2D eigenvalue weighted by Crippen LogP contribution is 2.50. The molecule has 2 aliphatic rings. The first-order chi connectivity index (χ1) is 5.30. The maximum absolute atomic E-state index is 4.17. The van der Waals surface area contributed by atoms with Crippen molar-refractivity contribution in [3.8, 4) is 0 Å². The summed E-state index contributed by atoms with van der Waals surface area (Å²) in [5.41, 5.74) is 1.55. The lowest BCUT2D eigenvalue weighted by molar-refractivity contribution is 0.175. The van der Waals surface area contributed by atoms with E-state index in [1.807, 2.05) is 0 Å². The number of fused-ring (bicyclic) bond motifs is 1. The van der Waals surface area contributed by atoms with Crippen molar-refractivity contribution in [3.63, 3.8) is 0 Å². The summed E-state index contributed by atoms with van der Waals surface area (Å²) in [4.78, 5) is 0. The van der Waals surface area contributed by atoms with Gasteiger partial charge >= 0.3 is 0 Å². The van der Waals surface area contributed by atoms with E-state index in [1.54, 1.807) is 5.57 Å². The largest absolute Gasteiger partial charge is 0.0993 e. The van der Waals surface area contributed by atoms with Crippen molar-refractivity contribution in [2.24, 2.45) is 17.8 Å². The van der Waals surface area contributed by atoms with Crippen LogP contribution in [0.4, 0.5) is 0 Å². The van der Waals surface area contributed by atoms with Gasteiger partial charge in [-0.25, -0.2) is 0 Å². The minimum Gasteiger partial charge on any atom is -0.0993 e. The standard InChI is InChI=1S/C11H18/c1-8-9(2)11-7-5-3-4-6-10(8)11/h9-11H,1,3-7H2,2H3. The Kier molecular flexibility index (Phi) is 1.78. The molecular formula is C11H18. The van der Waals surface area contributed by atoms with E-state index in [1.165, 1.54) is 32.1 Å². The predicted octanol–water partition coefficient (Wildman–Crippen LogP) is 3.39. The zero-order valence-corrected chi connectivity index (χ0v) is 7.47. The molecular weight excluding hydrogens is 132 g/mol. The van der Waals surface area contributed by atoms with Gasteiger partial charge < -0.3 is 0 Å². The van der Waals surface area contributed by atoms with E-state index in [-0.39, 0.29) is 0 Å². The van der Waals surface area contributed by atoms with Crippen LogP contribution in [0.2, 0.25) is 0 Å². The van der Waals surface area contributed by atoms with Gasteiger partial charge in [0.1, 0.15) is 0 Å². The highest BCUT2D eigenvalue weighted by Gasteiger charge is 2.41. The van der Waals surface area contributed by atoms with Crippen LogP contribution < -0.4 is 0 Å². The minimum absolute atomic E-state index is 0.845. The topological polar surface area (TPSA) is 0 Å². The van der Waals surface area contributed by atoms with Crippen LogP contribution in [0, 0.1) is 17.8 Å². The van der Waals surface area contributed by atoms with Gasteiger partial charge in [0.25, 0.3) is 0 Å². The fourth-order valence-corrected chi connectivity index (χ4v) is 2.89. The second kappa shape index (κ2) is 2.66. The molecule has 0 aromatic carbocycles. The summed E-state index contributed by atoms with van der Waals surface area (Å²) in [5, 5.41) is 0. The van der Waals surface area contributed by atoms with Gasteiger partial charge in [0.05, 0.1) is 0 Å². The Morgan fingerprint density at radius 1 is 1.18 bits per heavy atom. The van der Waals surface area contributed by atoms with Crippen LogP contribution in [-0.2, 0) is 0 Å². The SMILES string of the molecule is C=C1C(C)C2CCCCCC12. The van der Waals surface area contributed by atoms with Gasteiger partial charge in [-0.15, -0.1) is 0 Å². The number of allylic oxidation sites excluding steroid dienone is 1. The summed E-state index contributed by atoms with van der Waals surface area (Å²) in [7, 11) is 0. The third-order valence-electron chi connectivity index (χ3n) is 3.77. The molecule has 62 valence electrons. The molecule has 0 aromatic rings. The van der Waals surface area contributed by atoms with E-state index < -0.39 is 0 Å². The summed E-state index contributed by atoms with van der Waals surface area (Å²) in [6.45, 7) is 6.52. The zero-order valence-electron chi connectivity index (χ0n) is 7.47. The van der Waals surface area contributed by atoms with E-state index in [2.05, 4.69) is 13.5 Å². The average molecular weight is 150 g/mol. The highest BCUT2D eigenvalue weighted by atomic mass is 14.5. The van der Waals surface area contributed by atoms with Crippen LogP contribution in [0.25, 0.3) is 0 Å². The smallest absolute Gasteiger partial charge is 0.0169 e. The van der Waals surface area contributed by atoms with Crippen molar-refractivity contribution in [3.05, 3.63) is 12.2 Å². The molecule has 0 N–H and O–H groups in total. The normalized spacial score (nSPS) is 44.1. The van der Waals surface area contributed by atoms with Crippen molar-refractivity contribution in [2.75, 3.05) is 0 Å². The molecule has 2 fully saturated rings. The number of hydrogen-bond acceptors (Lipinski definition) is 0. The van der Waals surface area contributed by atoms with Crippen LogP contribution in [0.3, 0.4) is 0 Å². The molecule has 2 rings (SSSR count). The van der Waals surface area contributed by atoms with Crippen LogP contribution in [-0.4, -0.2) is 0 Å². The lowest BCUT2D eigenvalue weighted by atomic mass is 9.60. The molecule has 3 atom stereocenters. The monoisotopic (exact) mass is 150 g/mol. The molecule has 2 aliphatic carbocycles. The Bertz CT molecular complexity index is 169.